The van der Waals surface area contributed by atoms with E-state index in [-0.39, 0.29) is 0 Å². The van der Waals surface area contributed by atoms with Crippen LogP contribution in [0.3, 0.4) is 0 Å². The van der Waals surface area contributed by atoms with E-state index in [2.05, 4.69) is 40.0 Å². The van der Waals surface area contributed by atoms with E-state index >= 15 is 0 Å². The maximum atomic E-state index is 4.46. The van der Waals surface area contributed by atoms with Crippen LogP contribution in [-0.4, -0.2) is 21.3 Å². The van der Waals surface area contributed by atoms with E-state index in [0.29, 0.717) is 0 Å². The van der Waals surface area contributed by atoms with E-state index in [1.807, 2.05) is 25.4 Å². The van der Waals surface area contributed by atoms with Crippen LogP contribution in [0, 0.1) is 20.8 Å². The quantitative estimate of drug-likeness (QED) is 0.809. The minimum atomic E-state index is 0.886. The van der Waals surface area contributed by atoms with E-state index in [4.69, 9.17) is 0 Å². The summed E-state index contributed by atoms with van der Waals surface area (Å²) in [6.45, 7) is 9.11. The third-order valence-corrected chi connectivity index (χ3v) is 3.29. The maximum absolute atomic E-state index is 4.46. The summed E-state index contributed by atoms with van der Waals surface area (Å²) >= 11 is 0. The van der Waals surface area contributed by atoms with Crippen LogP contribution in [0.4, 0.5) is 0 Å². The number of rotatable bonds is 6. The molecule has 0 amide bonds. The van der Waals surface area contributed by atoms with Crippen molar-refractivity contribution in [3.8, 4) is 0 Å². The predicted octanol–water partition coefficient (Wildman–Crippen LogP) is 2.38. The third-order valence-electron chi connectivity index (χ3n) is 3.29. The fraction of sp³-hybridized carbons (Fsp3) is 0.467. The van der Waals surface area contributed by atoms with Gasteiger partial charge in [-0.3, -0.25) is 9.67 Å². The third kappa shape index (κ3) is 3.89. The van der Waals surface area contributed by atoms with Crippen molar-refractivity contribution in [2.24, 2.45) is 0 Å². The molecule has 2 heterocycles. The zero-order valence-corrected chi connectivity index (χ0v) is 12.0. The molecule has 19 heavy (non-hydrogen) atoms. The Kier molecular flexibility index (Phi) is 4.68. The predicted molar refractivity (Wildman–Crippen MR) is 77.0 cm³/mol. The maximum Gasteiger partial charge on any atom is 0.0596 e. The van der Waals surface area contributed by atoms with Crippen LogP contribution in [0.1, 0.15) is 28.9 Å². The SMILES string of the molecule is Cc1cc(C)n(CCCNCc2cnccc2C)n1. The fourth-order valence-corrected chi connectivity index (χ4v) is 2.16. The van der Waals surface area contributed by atoms with Gasteiger partial charge < -0.3 is 5.32 Å². The van der Waals surface area contributed by atoms with E-state index in [0.717, 1.165) is 31.7 Å². The summed E-state index contributed by atoms with van der Waals surface area (Å²) < 4.78 is 2.08. The second-order valence-electron chi connectivity index (χ2n) is 4.98. The van der Waals surface area contributed by atoms with Crippen molar-refractivity contribution in [3.63, 3.8) is 0 Å². The second-order valence-corrected chi connectivity index (χ2v) is 4.98. The van der Waals surface area contributed by atoms with Gasteiger partial charge in [0.25, 0.3) is 0 Å². The van der Waals surface area contributed by atoms with Crippen molar-refractivity contribution in [3.05, 3.63) is 47.0 Å². The largest absolute Gasteiger partial charge is 0.313 e. The smallest absolute Gasteiger partial charge is 0.0596 e. The van der Waals surface area contributed by atoms with Gasteiger partial charge in [0.1, 0.15) is 0 Å². The fourth-order valence-electron chi connectivity index (χ4n) is 2.16. The molecule has 2 aromatic heterocycles. The zero-order chi connectivity index (χ0) is 13.7. The second kappa shape index (κ2) is 6.48. The van der Waals surface area contributed by atoms with Crippen molar-refractivity contribution in [1.82, 2.24) is 20.1 Å². The van der Waals surface area contributed by atoms with E-state index in [1.165, 1.54) is 16.8 Å². The molecular weight excluding hydrogens is 236 g/mol. The van der Waals surface area contributed by atoms with E-state index in [1.54, 1.807) is 0 Å². The number of hydrogen-bond donors (Lipinski definition) is 1. The van der Waals surface area contributed by atoms with Crippen molar-refractivity contribution < 1.29 is 0 Å². The van der Waals surface area contributed by atoms with E-state index < -0.39 is 0 Å². The molecule has 0 aliphatic heterocycles. The minimum absolute atomic E-state index is 0.886. The van der Waals surface area contributed by atoms with Crippen LogP contribution in [-0.2, 0) is 13.1 Å². The van der Waals surface area contributed by atoms with Gasteiger partial charge >= 0.3 is 0 Å². The van der Waals surface area contributed by atoms with Gasteiger partial charge in [0.15, 0.2) is 0 Å². The topological polar surface area (TPSA) is 42.7 Å². The van der Waals surface area contributed by atoms with Crippen molar-refractivity contribution in [1.29, 1.82) is 0 Å². The molecule has 0 atom stereocenters. The summed E-state index contributed by atoms with van der Waals surface area (Å²) in [5, 5.41) is 7.92. The van der Waals surface area contributed by atoms with Crippen LogP contribution < -0.4 is 5.32 Å². The van der Waals surface area contributed by atoms with Gasteiger partial charge in [-0.2, -0.15) is 5.10 Å². The van der Waals surface area contributed by atoms with Gasteiger partial charge in [0.2, 0.25) is 0 Å². The highest BCUT2D eigenvalue weighted by atomic mass is 15.3. The lowest BCUT2D eigenvalue weighted by Crippen LogP contribution is -2.17. The number of nitrogens with one attached hydrogen (secondary N) is 1. The molecule has 0 saturated carbocycles. The Bertz CT molecular complexity index is 531. The lowest BCUT2D eigenvalue weighted by atomic mass is 10.1. The summed E-state index contributed by atoms with van der Waals surface area (Å²) in [5.41, 5.74) is 4.90. The first-order chi connectivity index (χ1) is 9.16. The Morgan fingerprint density at radius 3 is 2.79 bits per heavy atom. The number of aromatic nitrogens is 3. The molecule has 1 N–H and O–H groups in total. The summed E-state index contributed by atoms with van der Waals surface area (Å²) in [6.07, 6.45) is 4.85. The Balaban J connectivity index is 1.70. The van der Waals surface area contributed by atoms with E-state index in [9.17, 15) is 0 Å². The van der Waals surface area contributed by atoms with Gasteiger partial charge in [0.05, 0.1) is 5.69 Å². The van der Waals surface area contributed by atoms with Gasteiger partial charge in [-0.25, -0.2) is 0 Å². The van der Waals surface area contributed by atoms with Crippen molar-refractivity contribution in [2.75, 3.05) is 6.54 Å². The molecular formula is C15H22N4. The number of nitrogens with zero attached hydrogens (tertiary/aromatic N) is 3. The zero-order valence-electron chi connectivity index (χ0n) is 12.0. The van der Waals surface area contributed by atoms with Gasteiger partial charge in [-0.05, 0) is 57.0 Å². The van der Waals surface area contributed by atoms with Crippen LogP contribution in [0.25, 0.3) is 0 Å². The molecule has 0 spiro atoms. The Labute approximate surface area is 114 Å². The first-order valence-electron chi connectivity index (χ1n) is 6.78. The molecule has 0 aliphatic carbocycles. The van der Waals surface area contributed by atoms with Crippen LogP contribution in [0.5, 0.6) is 0 Å². The summed E-state index contributed by atoms with van der Waals surface area (Å²) in [5.74, 6) is 0. The Morgan fingerprint density at radius 1 is 1.26 bits per heavy atom. The van der Waals surface area contributed by atoms with Crippen molar-refractivity contribution >= 4 is 0 Å². The molecule has 2 aromatic rings. The number of hydrogen-bond acceptors (Lipinski definition) is 3. The molecule has 0 fully saturated rings. The van der Waals surface area contributed by atoms with Crippen LogP contribution >= 0.6 is 0 Å². The summed E-state index contributed by atoms with van der Waals surface area (Å²) in [4.78, 5) is 4.15. The van der Waals surface area contributed by atoms with Gasteiger partial charge in [-0.15, -0.1) is 0 Å². The molecule has 0 aliphatic rings. The lowest BCUT2D eigenvalue weighted by Gasteiger charge is -2.08. The molecule has 4 nitrogen and oxygen atoms in total. The Morgan fingerprint density at radius 2 is 2.11 bits per heavy atom. The average Bonchev–Trinajstić information content (AvgIpc) is 2.70. The highest BCUT2D eigenvalue weighted by Crippen LogP contribution is 2.04. The standard InChI is InChI=1S/C15H22N4/c1-12-5-7-17-11-15(12)10-16-6-4-8-19-14(3)9-13(2)18-19/h5,7,9,11,16H,4,6,8,10H2,1-3H3. The lowest BCUT2D eigenvalue weighted by molar-refractivity contribution is 0.531. The number of pyridine rings is 1. The number of aryl methyl sites for hydroxylation is 4. The van der Waals surface area contributed by atoms with Gasteiger partial charge in [-0.1, -0.05) is 0 Å². The molecule has 0 bridgehead atoms. The summed E-state index contributed by atoms with van der Waals surface area (Å²) in [7, 11) is 0. The Hall–Kier alpha value is -1.68. The molecule has 0 unspecified atom stereocenters. The summed E-state index contributed by atoms with van der Waals surface area (Å²) in [6, 6.07) is 4.17. The highest BCUT2D eigenvalue weighted by Gasteiger charge is 2.00. The van der Waals surface area contributed by atoms with Crippen molar-refractivity contribution in [2.45, 2.75) is 40.3 Å². The van der Waals surface area contributed by atoms with Crippen LogP contribution in [0.2, 0.25) is 0 Å². The molecule has 0 saturated heterocycles. The monoisotopic (exact) mass is 258 g/mol. The van der Waals surface area contributed by atoms with Gasteiger partial charge in [0, 0.05) is 31.2 Å². The molecule has 0 aromatic carbocycles. The molecule has 2 rings (SSSR count). The molecule has 102 valence electrons. The normalized spacial score (nSPS) is 10.9. The van der Waals surface area contributed by atoms with Crippen LogP contribution in [0.15, 0.2) is 24.5 Å². The minimum Gasteiger partial charge on any atom is -0.313 e. The molecule has 0 radical (unpaired) electrons. The molecule has 4 heteroatoms. The first kappa shape index (κ1) is 13.7. The first-order valence-corrected chi connectivity index (χ1v) is 6.78. The highest BCUT2D eigenvalue weighted by molar-refractivity contribution is 5.20. The average molecular weight is 258 g/mol.